The minimum absolute atomic E-state index is 0.0151. The number of methoxy groups -OCH3 is 1. The van der Waals surface area contributed by atoms with Crippen LogP contribution in [0.3, 0.4) is 0 Å². The molecule has 21 heavy (non-hydrogen) atoms. The number of carbonyl (C=O) groups is 1. The summed E-state index contributed by atoms with van der Waals surface area (Å²) in [7, 11) is 3.08. The Morgan fingerprint density at radius 1 is 1.38 bits per heavy atom. The molecule has 0 saturated carbocycles. The predicted molar refractivity (Wildman–Crippen MR) is 81.8 cm³/mol. The fraction of sp³-hybridized carbons (Fsp3) is 0.500. The van der Waals surface area contributed by atoms with Gasteiger partial charge in [0.05, 0.1) is 18.1 Å². The summed E-state index contributed by atoms with van der Waals surface area (Å²) in [6.07, 6.45) is -0.896. The Kier molecular flexibility index (Phi) is 4.99. The summed E-state index contributed by atoms with van der Waals surface area (Å²) < 4.78 is 9.55. The Labute approximate surface area is 125 Å². The molecular weight excluding hydrogens is 273 g/mol. The summed E-state index contributed by atoms with van der Waals surface area (Å²) in [5.74, 6) is 0.143. The maximum absolute atomic E-state index is 11.3. The highest BCUT2D eigenvalue weighted by Gasteiger charge is 2.27. The molecule has 0 fully saturated rings. The summed E-state index contributed by atoms with van der Waals surface area (Å²) in [4.78, 5) is 22.1. The molecule has 0 aromatic heterocycles. The number of ether oxygens (including phenoxy) is 2. The van der Waals surface area contributed by atoms with Crippen LogP contribution in [0, 0.1) is 10.1 Å². The van der Waals surface area contributed by atoms with Gasteiger partial charge in [-0.1, -0.05) is 27.7 Å². The Bertz CT molecular complexity index is 563. The highest BCUT2D eigenvalue weighted by molar-refractivity contribution is 6.12. The zero-order valence-corrected chi connectivity index (χ0v) is 13.2. The van der Waals surface area contributed by atoms with Gasteiger partial charge in [-0.2, -0.15) is 0 Å². The molecule has 1 aromatic rings. The molecule has 1 aromatic carbocycles. The molecule has 0 bridgehead atoms. The Hall–Kier alpha value is -2.05. The third kappa shape index (κ3) is 3.96. The summed E-state index contributed by atoms with van der Waals surface area (Å²) in [5, 5.41) is 11.2. The molecule has 6 nitrogen and oxygen atoms in total. The van der Waals surface area contributed by atoms with E-state index in [1.165, 1.54) is 13.2 Å². The minimum Gasteiger partial charge on any atom is -0.437 e. The van der Waals surface area contributed by atoms with Gasteiger partial charge in [-0.3, -0.25) is 10.1 Å². The highest BCUT2D eigenvalue weighted by Crippen LogP contribution is 2.38. The molecule has 0 amide bonds. The van der Waals surface area contributed by atoms with E-state index in [2.05, 4.69) is 4.74 Å². The van der Waals surface area contributed by atoms with Crippen LogP contribution in [0.2, 0.25) is 0 Å². The van der Waals surface area contributed by atoms with Crippen molar-refractivity contribution in [3.8, 4) is 5.75 Å². The van der Waals surface area contributed by atoms with Crippen molar-refractivity contribution in [1.82, 2.24) is 0 Å². The van der Waals surface area contributed by atoms with Gasteiger partial charge < -0.3 is 9.47 Å². The van der Waals surface area contributed by atoms with Gasteiger partial charge in [0, 0.05) is 11.1 Å². The number of nitro benzene ring substituents is 1. The fourth-order valence-electron chi connectivity index (χ4n) is 2.01. The molecule has 0 radical (unpaired) electrons. The molecule has 0 unspecified atom stereocenters. The van der Waals surface area contributed by atoms with E-state index >= 15 is 0 Å². The average molecular weight is 293 g/mol. The molecule has 7 heteroatoms. The maximum atomic E-state index is 11.3. The summed E-state index contributed by atoms with van der Waals surface area (Å²) in [6.45, 7) is 7.73. The second-order valence-electron chi connectivity index (χ2n) is 6.13. The summed E-state index contributed by atoms with van der Waals surface area (Å²) in [5.41, 5.74) is 0.948. The van der Waals surface area contributed by atoms with Crippen LogP contribution >= 0.6 is 0 Å². The van der Waals surface area contributed by atoms with Crippen molar-refractivity contribution in [1.29, 1.82) is 0 Å². The number of hydrogen-bond acceptors (Lipinski definition) is 5. The highest BCUT2D eigenvalue weighted by atomic mass is 16.7. The number of benzene rings is 1. The average Bonchev–Trinajstić information content (AvgIpc) is 2.36. The first kappa shape index (κ1) is 17.0. The molecule has 0 aliphatic heterocycles. The molecule has 0 spiro atoms. The van der Waals surface area contributed by atoms with Gasteiger partial charge in [0.1, 0.15) is 13.6 Å². The third-order valence-electron chi connectivity index (χ3n) is 3.12. The topological polar surface area (TPSA) is 78.7 Å². The number of nitro groups is 1. The second-order valence-corrected chi connectivity index (χ2v) is 6.13. The van der Waals surface area contributed by atoms with Crippen LogP contribution in [0.25, 0.3) is 0 Å². The summed E-state index contributed by atoms with van der Waals surface area (Å²) in [6, 6.07) is 3.04. The molecular formula is C14H20BNO5. The third-order valence-corrected chi connectivity index (χ3v) is 3.12. The number of carbonyl (C=O) groups excluding carboxylic acids is 1. The van der Waals surface area contributed by atoms with Crippen LogP contribution < -0.4 is 4.74 Å². The van der Waals surface area contributed by atoms with Crippen molar-refractivity contribution in [2.24, 2.45) is 0 Å². The lowest BCUT2D eigenvalue weighted by Gasteiger charge is -2.23. The van der Waals surface area contributed by atoms with E-state index in [1.54, 1.807) is 6.07 Å². The molecule has 114 valence electrons. The lowest BCUT2D eigenvalue weighted by Crippen LogP contribution is -2.18. The molecule has 1 rings (SSSR count). The summed E-state index contributed by atoms with van der Waals surface area (Å²) >= 11 is 0. The molecule has 0 heterocycles. The molecule has 1 atom stereocenters. The van der Waals surface area contributed by atoms with Gasteiger partial charge in [0.15, 0.2) is 0 Å². The zero-order valence-electron chi connectivity index (χ0n) is 13.2. The quantitative estimate of drug-likeness (QED) is 0.281. The van der Waals surface area contributed by atoms with Crippen LogP contribution in [-0.2, 0) is 10.2 Å². The molecule has 0 saturated heterocycles. The first-order chi connectivity index (χ1) is 9.57. The maximum Gasteiger partial charge on any atom is 0.513 e. The molecule has 0 aliphatic rings. The first-order valence-corrected chi connectivity index (χ1v) is 6.66. The first-order valence-electron chi connectivity index (χ1n) is 6.66. The van der Waals surface area contributed by atoms with Crippen molar-refractivity contribution < 1.29 is 19.2 Å². The van der Waals surface area contributed by atoms with Crippen molar-refractivity contribution in [3.63, 3.8) is 0 Å². The van der Waals surface area contributed by atoms with Crippen LogP contribution in [-0.4, -0.2) is 26.0 Å². The van der Waals surface area contributed by atoms with E-state index in [-0.39, 0.29) is 22.7 Å². The monoisotopic (exact) mass is 293 g/mol. The van der Waals surface area contributed by atoms with Gasteiger partial charge >= 0.3 is 6.16 Å². The Morgan fingerprint density at radius 2 is 1.95 bits per heavy atom. The number of hydrogen-bond donors (Lipinski definition) is 0. The largest absolute Gasteiger partial charge is 0.513 e. The van der Waals surface area contributed by atoms with Crippen LogP contribution in [0.15, 0.2) is 12.1 Å². The standard InChI is InChI=1S/C14H20BNO5/c1-8(15)9-6-10(14(2,3)4)12(21-13(17)20-5)7-11(9)16(18)19/h6-8H,15H2,1-5H3/t8-/m1/s1. The van der Waals surface area contributed by atoms with Crippen LogP contribution in [0.1, 0.15) is 44.6 Å². The van der Waals surface area contributed by atoms with Gasteiger partial charge in [0.2, 0.25) is 0 Å². The molecule has 0 aliphatic carbocycles. The van der Waals surface area contributed by atoms with Gasteiger partial charge in [0.25, 0.3) is 5.69 Å². The van der Waals surface area contributed by atoms with E-state index in [0.29, 0.717) is 5.56 Å². The van der Waals surface area contributed by atoms with Crippen LogP contribution in [0.4, 0.5) is 10.5 Å². The lowest BCUT2D eigenvalue weighted by molar-refractivity contribution is -0.385. The van der Waals surface area contributed by atoms with E-state index in [0.717, 1.165) is 5.56 Å². The second kappa shape index (κ2) is 6.16. The zero-order chi connectivity index (χ0) is 16.4. The van der Waals surface area contributed by atoms with Crippen molar-refractivity contribution in [2.75, 3.05) is 7.11 Å². The Morgan fingerprint density at radius 3 is 2.33 bits per heavy atom. The van der Waals surface area contributed by atoms with Crippen molar-refractivity contribution >= 4 is 19.7 Å². The van der Waals surface area contributed by atoms with Gasteiger partial charge in [-0.05, 0) is 17.3 Å². The number of rotatable bonds is 3. The smallest absolute Gasteiger partial charge is 0.437 e. The minimum atomic E-state index is -0.896. The van der Waals surface area contributed by atoms with Crippen LogP contribution in [0.5, 0.6) is 5.75 Å². The van der Waals surface area contributed by atoms with E-state index in [1.807, 2.05) is 35.5 Å². The van der Waals surface area contributed by atoms with Crippen molar-refractivity contribution in [3.05, 3.63) is 33.4 Å². The fourth-order valence-corrected chi connectivity index (χ4v) is 2.01. The van der Waals surface area contributed by atoms with E-state index in [4.69, 9.17) is 4.74 Å². The van der Waals surface area contributed by atoms with Gasteiger partial charge in [-0.15, -0.1) is 0 Å². The molecule has 0 N–H and O–H groups in total. The normalized spacial score (nSPS) is 12.6. The van der Waals surface area contributed by atoms with E-state index < -0.39 is 11.1 Å². The lowest BCUT2D eigenvalue weighted by atomic mass is 9.78. The van der Waals surface area contributed by atoms with Gasteiger partial charge in [-0.25, -0.2) is 4.79 Å². The number of nitrogens with zero attached hydrogens (tertiary/aromatic N) is 1. The van der Waals surface area contributed by atoms with E-state index in [9.17, 15) is 14.9 Å². The SMILES string of the molecule is B[C@H](C)c1cc(C(C)(C)C)c(OC(=O)OC)cc1[N+](=O)[O-]. The van der Waals surface area contributed by atoms with Crippen molar-refractivity contribution in [2.45, 2.75) is 38.9 Å². The Balaban J connectivity index is 3.56. The predicted octanol–water partition coefficient (Wildman–Crippen LogP) is 2.73.